The highest BCUT2D eigenvalue weighted by Gasteiger charge is 2.25. The Morgan fingerprint density at radius 3 is 2.91 bits per heavy atom. The number of methoxy groups -OCH3 is 1. The van der Waals surface area contributed by atoms with Gasteiger partial charge in [0.25, 0.3) is 0 Å². The van der Waals surface area contributed by atoms with Crippen molar-refractivity contribution in [2.45, 2.75) is 0 Å². The van der Waals surface area contributed by atoms with Gasteiger partial charge < -0.3 is 4.74 Å². The van der Waals surface area contributed by atoms with Gasteiger partial charge in [0.15, 0.2) is 0 Å². The molecule has 1 rings (SSSR count). The molecule has 0 aromatic rings. The van der Waals surface area contributed by atoms with Gasteiger partial charge in [0, 0.05) is 26.4 Å². The van der Waals surface area contributed by atoms with Gasteiger partial charge >= 0.3 is 6.03 Å². The second-order valence-electron chi connectivity index (χ2n) is 2.34. The highest BCUT2D eigenvalue weighted by molar-refractivity contribution is 5.77. The molecule has 0 aromatic heterocycles. The number of rotatable bonds is 3. The van der Waals surface area contributed by atoms with Crippen LogP contribution in [0.2, 0.25) is 0 Å². The zero-order chi connectivity index (χ0) is 8.27. The Labute approximate surface area is 66.0 Å². The molecule has 1 aliphatic rings. The first-order chi connectivity index (χ1) is 5.29. The van der Waals surface area contributed by atoms with Crippen molar-refractivity contribution < 1.29 is 9.53 Å². The van der Waals surface area contributed by atoms with Crippen LogP contribution in [0.5, 0.6) is 0 Å². The van der Waals surface area contributed by atoms with Gasteiger partial charge in [-0.2, -0.15) is 0 Å². The highest BCUT2D eigenvalue weighted by atomic mass is 16.5. The molecule has 0 unspecified atom stereocenters. The minimum Gasteiger partial charge on any atom is -0.364 e. The molecule has 1 fully saturated rings. The lowest BCUT2D eigenvalue weighted by molar-refractivity contribution is 0.0944. The zero-order valence-corrected chi connectivity index (χ0v) is 6.62. The van der Waals surface area contributed by atoms with E-state index in [9.17, 15) is 4.79 Å². The molecule has 0 N–H and O–H groups in total. The van der Waals surface area contributed by atoms with Gasteiger partial charge in [0.1, 0.15) is 6.73 Å². The number of urea groups is 1. The molecule has 0 aromatic carbocycles. The maximum atomic E-state index is 11.2. The van der Waals surface area contributed by atoms with E-state index in [0.717, 1.165) is 6.54 Å². The average molecular weight is 156 g/mol. The third-order valence-electron chi connectivity index (χ3n) is 1.63. The maximum absolute atomic E-state index is 11.2. The predicted octanol–water partition coefficient (Wildman–Crippen LogP) is 0.471. The Bertz CT molecular complexity index is 170. The summed E-state index contributed by atoms with van der Waals surface area (Å²) >= 11 is 0. The summed E-state index contributed by atoms with van der Waals surface area (Å²) in [7, 11) is 1.57. The SMILES string of the molecule is C=CN1CCN(COC)C1=O. The van der Waals surface area contributed by atoms with Crippen LogP contribution in [0.3, 0.4) is 0 Å². The molecule has 0 radical (unpaired) electrons. The van der Waals surface area contributed by atoms with E-state index in [1.54, 1.807) is 16.9 Å². The lowest BCUT2D eigenvalue weighted by Crippen LogP contribution is -2.30. The van der Waals surface area contributed by atoms with Crippen LogP contribution in [-0.2, 0) is 4.74 Å². The summed E-state index contributed by atoms with van der Waals surface area (Å²) in [6.07, 6.45) is 1.54. The molecule has 0 atom stereocenters. The topological polar surface area (TPSA) is 32.8 Å². The number of carbonyl (C=O) groups excluding carboxylic acids is 1. The summed E-state index contributed by atoms with van der Waals surface area (Å²) < 4.78 is 4.83. The van der Waals surface area contributed by atoms with Crippen LogP contribution in [0.1, 0.15) is 0 Å². The second-order valence-corrected chi connectivity index (χ2v) is 2.34. The number of ether oxygens (including phenoxy) is 1. The number of hydrogen-bond acceptors (Lipinski definition) is 2. The van der Waals surface area contributed by atoms with Crippen molar-refractivity contribution in [1.29, 1.82) is 0 Å². The van der Waals surface area contributed by atoms with Gasteiger partial charge in [-0.05, 0) is 0 Å². The fourth-order valence-corrected chi connectivity index (χ4v) is 1.05. The van der Waals surface area contributed by atoms with Gasteiger partial charge in [-0.1, -0.05) is 6.58 Å². The number of nitrogens with zero attached hydrogens (tertiary/aromatic N) is 2. The van der Waals surface area contributed by atoms with Crippen molar-refractivity contribution in [2.75, 3.05) is 26.9 Å². The van der Waals surface area contributed by atoms with E-state index >= 15 is 0 Å². The largest absolute Gasteiger partial charge is 0.364 e. The fraction of sp³-hybridized carbons (Fsp3) is 0.571. The quantitative estimate of drug-likeness (QED) is 0.595. The molecular weight excluding hydrogens is 144 g/mol. The van der Waals surface area contributed by atoms with Crippen LogP contribution in [-0.4, -0.2) is 42.8 Å². The van der Waals surface area contributed by atoms with Crippen LogP contribution < -0.4 is 0 Å². The highest BCUT2D eigenvalue weighted by Crippen LogP contribution is 2.07. The van der Waals surface area contributed by atoms with Crippen molar-refractivity contribution >= 4 is 6.03 Å². The number of carbonyl (C=O) groups is 1. The molecule has 1 aliphatic heterocycles. The first-order valence-electron chi connectivity index (χ1n) is 3.46. The normalized spacial score (nSPS) is 17.7. The molecule has 0 spiro atoms. The van der Waals surface area contributed by atoms with E-state index in [1.807, 2.05) is 0 Å². The van der Waals surface area contributed by atoms with Crippen molar-refractivity contribution in [3.63, 3.8) is 0 Å². The van der Waals surface area contributed by atoms with Crippen LogP contribution in [0.15, 0.2) is 12.8 Å². The Balaban J connectivity index is 2.48. The van der Waals surface area contributed by atoms with Gasteiger partial charge in [0.05, 0.1) is 0 Å². The summed E-state index contributed by atoms with van der Waals surface area (Å²) in [6.45, 7) is 5.32. The first kappa shape index (κ1) is 8.07. The Morgan fingerprint density at radius 1 is 1.73 bits per heavy atom. The lowest BCUT2D eigenvalue weighted by atomic mass is 10.6. The summed E-state index contributed by atoms with van der Waals surface area (Å²) in [5, 5.41) is 0. The summed E-state index contributed by atoms with van der Waals surface area (Å²) in [6, 6.07) is -0.0261. The average Bonchev–Trinajstić information content (AvgIpc) is 2.34. The Morgan fingerprint density at radius 2 is 2.45 bits per heavy atom. The van der Waals surface area contributed by atoms with Crippen LogP contribution in [0.25, 0.3) is 0 Å². The number of amides is 2. The first-order valence-corrected chi connectivity index (χ1v) is 3.46. The Hall–Kier alpha value is -1.03. The molecule has 2 amide bonds. The smallest absolute Gasteiger partial charge is 0.325 e. The van der Waals surface area contributed by atoms with E-state index in [2.05, 4.69) is 6.58 Å². The van der Waals surface area contributed by atoms with Crippen molar-refractivity contribution in [2.24, 2.45) is 0 Å². The fourth-order valence-electron chi connectivity index (χ4n) is 1.05. The van der Waals surface area contributed by atoms with Crippen LogP contribution in [0, 0.1) is 0 Å². The van der Waals surface area contributed by atoms with Gasteiger partial charge in [-0.15, -0.1) is 0 Å². The van der Waals surface area contributed by atoms with Gasteiger partial charge in [-0.25, -0.2) is 4.79 Å². The summed E-state index contributed by atoms with van der Waals surface area (Å²) in [4.78, 5) is 14.4. The van der Waals surface area contributed by atoms with E-state index in [0.29, 0.717) is 13.3 Å². The molecule has 0 aliphatic carbocycles. The van der Waals surface area contributed by atoms with Crippen LogP contribution in [0.4, 0.5) is 4.79 Å². The minimum absolute atomic E-state index is 0.0261. The molecule has 11 heavy (non-hydrogen) atoms. The molecule has 4 heteroatoms. The lowest BCUT2D eigenvalue weighted by Gasteiger charge is -2.13. The van der Waals surface area contributed by atoms with E-state index in [-0.39, 0.29) is 6.03 Å². The maximum Gasteiger partial charge on any atom is 0.325 e. The molecule has 62 valence electrons. The van der Waals surface area contributed by atoms with Crippen molar-refractivity contribution in [3.8, 4) is 0 Å². The van der Waals surface area contributed by atoms with Gasteiger partial charge in [-0.3, -0.25) is 9.80 Å². The zero-order valence-electron chi connectivity index (χ0n) is 6.62. The second kappa shape index (κ2) is 3.39. The predicted molar refractivity (Wildman–Crippen MR) is 40.9 cm³/mol. The standard InChI is InChI=1S/C7H12N2O2/c1-3-8-4-5-9(6-11-2)7(8)10/h3H,1,4-6H2,2H3. The minimum atomic E-state index is -0.0261. The van der Waals surface area contributed by atoms with E-state index in [4.69, 9.17) is 4.74 Å². The molecule has 0 saturated carbocycles. The Kier molecular flexibility index (Phi) is 2.48. The summed E-state index contributed by atoms with van der Waals surface area (Å²) in [5.41, 5.74) is 0. The molecule has 0 bridgehead atoms. The molecule has 4 nitrogen and oxygen atoms in total. The number of hydrogen-bond donors (Lipinski definition) is 0. The third kappa shape index (κ3) is 1.51. The van der Waals surface area contributed by atoms with E-state index in [1.165, 1.54) is 6.20 Å². The molecule has 1 heterocycles. The van der Waals surface area contributed by atoms with Crippen molar-refractivity contribution in [1.82, 2.24) is 9.80 Å². The molecule has 1 saturated heterocycles. The third-order valence-corrected chi connectivity index (χ3v) is 1.63. The summed E-state index contributed by atoms with van der Waals surface area (Å²) in [5.74, 6) is 0. The van der Waals surface area contributed by atoms with E-state index < -0.39 is 0 Å². The van der Waals surface area contributed by atoms with Crippen LogP contribution >= 0.6 is 0 Å². The van der Waals surface area contributed by atoms with Gasteiger partial charge in [0.2, 0.25) is 0 Å². The monoisotopic (exact) mass is 156 g/mol. The van der Waals surface area contributed by atoms with Crippen molar-refractivity contribution in [3.05, 3.63) is 12.8 Å². The molecular formula is C7H12N2O2.